The van der Waals surface area contributed by atoms with Crippen molar-refractivity contribution in [2.24, 2.45) is 0 Å². The monoisotopic (exact) mass is 329 g/mol. The number of nitrogens with zero attached hydrogens (tertiary/aromatic N) is 1. The Morgan fingerprint density at radius 2 is 1.57 bits per heavy atom. The second-order valence-electron chi connectivity index (χ2n) is 6.99. The van der Waals surface area contributed by atoms with E-state index in [1.165, 1.54) is 12.1 Å². The van der Waals surface area contributed by atoms with Crippen molar-refractivity contribution in [2.75, 3.05) is 26.7 Å². The number of hydrogen-bond acceptors (Lipinski definition) is 2. The number of ether oxygens (including phenoxy) is 1. The number of benzene rings is 1. The number of halogens is 3. The first-order valence-corrected chi connectivity index (χ1v) is 8.15. The quantitative estimate of drug-likeness (QED) is 0.789. The van der Waals surface area contributed by atoms with Crippen LogP contribution in [-0.4, -0.2) is 37.7 Å². The molecule has 0 aromatic heterocycles. The van der Waals surface area contributed by atoms with E-state index in [0.717, 1.165) is 44.5 Å². The van der Waals surface area contributed by atoms with E-state index in [-0.39, 0.29) is 5.41 Å². The second kappa shape index (κ2) is 7.22. The number of piperidine rings is 1. The van der Waals surface area contributed by atoms with E-state index in [1.54, 1.807) is 19.2 Å². The third kappa shape index (κ3) is 4.95. The molecule has 5 heteroatoms. The molecule has 1 aliphatic heterocycles. The summed E-state index contributed by atoms with van der Waals surface area (Å²) in [6.45, 7) is 7.21. The van der Waals surface area contributed by atoms with Gasteiger partial charge in [0.2, 0.25) is 0 Å². The Hall–Kier alpha value is -1.07. The zero-order chi connectivity index (χ0) is 17.1. The van der Waals surface area contributed by atoms with Crippen LogP contribution in [0.15, 0.2) is 24.3 Å². The van der Waals surface area contributed by atoms with Crippen LogP contribution in [0.4, 0.5) is 13.2 Å². The molecule has 0 spiro atoms. The summed E-state index contributed by atoms with van der Waals surface area (Å²) in [6, 6.07) is 5.59. The lowest BCUT2D eigenvalue weighted by Crippen LogP contribution is -2.38. The Labute approximate surface area is 136 Å². The minimum Gasteiger partial charge on any atom is -0.381 e. The predicted molar refractivity (Wildman–Crippen MR) is 85.6 cm³/mol. The summed E-state index contributed by atoms with van der Waals surface area (Å²) in [5.74, 6) is 0. The smallest absolute Gasteiger partial charge is 0.381 e. The van der Waals surface area contributed by atoms with Crippen molar-refractivity contribution < 1.29 is 17.9 Å². The Morgan fingerprint density at radius 1 is 1.04 bits per heavy atom. The molecule has 2 nitrogen and oxygen atoms in total. The lowest BCUT2D eigenvalue weighted by molar-refractivity contribution is -0.137. The maximum Gasteiger partial charge on any atom is 0.416 e. The van der Waals surface area contributed by atoms with Crippen LogP contribution in [0.3, 0.4) is 0 Å². The first-order chi connectivity index (χ1) is 10.7. The molecule has 0 atom stereocenters. The fourth-order valence-electron chi connectivity index (χ4n) is 3.06. The maximum atomic E-state index is 12.7. The molecule has 1 aromatic rings. The molecule has 1 saturated heterocycles. The molecular weight excluding hydrogens is 303 g/mol. The van der Waals surface area contributed by atoms with Gasteiger partial charge in [-0.3, -0.25) is 0 Å². The summed E-state index contributed by atoms with van der Waals surface area (Å²) in [4.78, 5) is 2.42. The highest BCUT2D eigenvalue weighted by molar-refractivity contribution is 5.29. The molecule has 0 unspecified atom stereocenters. The number of methoxy groups -OCH3 is 1. The van der Waals surface area contributed by atoms with Crippen molar-refractivity contribution in [2.45, 2.75) is 50.8 Å². The number of rotatable bonds is 5. The van der Waals surface area contributed by atoms with Crippen molar-refractivity contribution in [3.63, 3.8) is 0 Å². The Bertz CT molecular complexity index is 488. The molecule has 0 bridgehead atoms. The fraction of sp³-hybridized carbons (Fsp3) is 0.667. The van der Waals surface area contributed by atoms with Crippen molar-refractivity contribution in [1.29, 1.82) is 0 Å². The van der Waals surface area contributed by atoms with Gasteiger partial charge in [-0.1, -0.05) is 26.0 Å². The molecule has 130 valence electrons. The van der Waals surface area contributed by atoms with Crippen LogP contribution >= 0.6 is 0 Å². The zero-order valence-corrected chi connectivity index (χ0v) is 14.1. The fourth-order valence-corrected chi connectivity index (χ4v) is 3.06. The molecule has 1 fully saturated rings. The molecule has 0 N–H and O–H groups in total. The lowest BCUT2D eigenvalue weighted by Gasteiger charge is -2.34. The standard InChI is InChI=1S/C18H26F3NO/c1-17(2,10-13-22-11-8-16(23-3)9-12-22)14-4-6-15(7-5-14)18(19,20)21/h4-7,16H,8-13H2,1-3H3. The highest BCUT2D eigenvalue weighted by Gasteiger charge is 2.31. The van der Waals surface area contributed by atoms with Gasteiger partial charge in [-0.2, -0.15) is 13.2 Å². The minimum absolute atomic E-state index is 0.137. The van der Waals surface area contributed by atoms with Gasteiger partial charge in [0.1, 0.15) is 0 Å². The molecule has 1 aliphatic rings. The van der Waals surface area contributed by atoms with E-state index in [1.807, 2.05) is 0 Å². The summed E-state index contributed by atoms with van der Waals surface area (Å²) in [5.41, 5.74) is 0.235. The molecule has 0 amide bonds. The Balaban J connectivity index is 1.91. The van der Waals surface area contributed by atoms with E-state index in [9.17, 15) is 13.2 Å². The SMILES string of the molecule is COC1CCN(CCC(C)(C)c2ccc(C(F)(F)F)cc2)CC1. The van der Waals surface area contributed by atoms with Crippen LogP contribution in [0.2, 0.25) is 0 Å². The topological polar surface area (TPSA) is 12.5 Å². The van der Waals surface area contributed by atoms with Crippen molar-refractivity contribution in [1.82, 2.24) is 4.90 Å². The first kappa shape index (κ1) is 18.3. The van der Waals surface area contributed by atoms with Crippen molar-refractivity contribution in [3.8, 4) is 0 Å². The highest BCUT2D eigenvalue weighted by Crippen LogP contribution is 2.33. The average Bonchev–Trinajstić information content (AvgIpc) is 2.53. The summed E-state index contributed by atoms with van der Waals surface area (Å²) in [7, 11) is 1.76. The third-order valence-electron chi connectivity index (χ3n) is 4.91. The molecule has 0 saturated carbocycles. The van der Waals surface area contributed by atoms with Crippen LogP contribution in [0, 0.1) is 0 Å². The van der Waals surface area contributed by atoms with Gasteiger partial charge in [-0.15, -0.1) is 0 Å². The number of likely N-dealkylation sites (tertiary alicyclic amines) is 1. The first-order valence-electron chi connectivity index (χ1n) is 8.15. The molecule has 1 heterocycles. The summed E-state index contributed by atoms with van der Waals surface area (Å²) >= 11 is 0. The molecule has 1 aromatic carbocycles. The van der Waals surface area contributed by atoms with E-state index in [4.69, 9.17) is 4.74 Å². The van der Waals surface area contributed by atoms with Crippen molar-refractivity contribution >= 4 is 0 Å². The Kier molecular flexibility index (Phi) is 5.74. The Morgan fingerprint density at radius 3 is 2.04 bits per heavy atom. The van der Waals surface area contributed by atoms with Crippen molar-refractivity contribution in [3.05, 3.63) is 35.4 Å². The average molecular weight is 329 g/mol. The molecular formula is C18H26F3NO. The highest BCUT2D eigenvalue weighted by atomic mass is 19.4. The van der Waals surface area contributed by atoms with Gasteiger partial charge < -0.3 is 9.64 Å². The number of alkyl halides is 3. The van der Waals surface area contributed by atoms with E-state index >= 15 is 0 Å². The van der Waals surface area contributed by atoms with Gasteiger partial charge >= 0.3 is 6.18 Å². The molecule has 2 rings (SSSR count). The third-order valence-corrected chi connectivity index (χ3v) is 4.91. The van der Waals surface area contributed by atoms with Gasteiger partial charge in [0.05, 0.1) is 11.7 Å². The van der Waals surface area contributed by atoms with E-state index in [2.05, 4.69) is 18.7 Å². The zero-order valence-electron chi connectivity index (χ0n) is 14.1. The van der Waals surface area contributed by atoms with E-state index in [0.29, 0.717) is 6.10 Å². The van der Waals surface area contributed by atoms with Crippen LogP contribution in [-0.2, 0) is 16.3 Å². The number of hydrogen-bond donors (Lipinski definition) is 0. The van der Waals surface area contributed by atoms with Gasteiger partial charge in [0.15, 0.2) is 0 Å². The van der Waals surface area contributed by atoms with Gasteiger partial charge in [0, 0.05) is 20.2 Å². The summed E-state index contributed by atoms with van der Waals surface area (Å²) in [5, 5.41) is 0. The second-order valence-corrected chi connectivity index (χ2v) is 6.99. The van der Waals surface area contributed by atoms with Gasteiger partial charge in [-0.05, 0) is 48.9 Å². The van der Waals surface area contributed by atoms with E-state index < -0.39 is 11.7 Å². The summed E-state index contributed by atoms with van der Waals surface area (Å²) < 4.78 is 43.3. The molecule has 23 heavy (non-hydrogen) atoms. The summed E-state index contributed by atoms with van der Waals surface area (Å²) in [6.07, 6.45) is -0.868. The molecule has 0 aliphatic carbocycles. The predicted octanol–water partition coefficient (Wildman–Crippen LogP) is 4.48. The normalized spacial score (nSPS) is 18.3. The van der Waals surface area contributed by atoms with Crippen LogP contribution < -0.4 is 0 Å². The van der Waals surface area contributed by atoms with Crippen LogP contribution in [0.1, 0.15) is 44.2 Å². The maximum absolute atomic E-state index is 12.7. The van der Waals surface area contributed by atoms with Crippen LogP contribution in [0.25, 0.3) is 0 Å². The minimum atomic E-state index is -4.27. The lowest BCUT2D eigenvalue weighted by atomic mass is 9.81. The van der Waals surface area contributed by atoms with Crippen LogP contribution in [0.5, 0.6) is 0 Å². The van der Waals surface area contributed by atoms with Gasteiger partial charge in [0.25, 0.3) is 0 Å². The molecule has 0 radical (unpaired) electrons. The van der Waals surface area contributed by atoms with Gasteiger partial charge in [-0.25, -0.2) is 0 Å². The largest absolute Gasteiger partial charge is 0.416 e.